The van der Waals surface area contributed by atoms with Crippen LogP contribution < -0.4 is 5.32 Å². The van der Waals surface area contributed by atoms with Gasteiger partial charge in [-0.1, -0.05) is 37.3 Å². The third kappa shape index (κ3) is 1.68. The van der Waals surface area contributed by atoms with Crippen molar-refractivity contribution in [1.82, 2.24) is 10.2 Å². The average molecular weight is 246 g/mol. The molecule has 1 N–H and O–H groups in total. The van der Waals surface area contributed by atoms with E-state index in [1.54, 1.807) is 18.9 Å². The van der Waals surface area contributed by atoms with Crippen molar-refractivity contribution in [2.24, 2.45) is 0 Å². The minimum atomic E-state index is -0.927. The van der Waals surface area contributed by atoms with Crippen LogP contribution in [-0.4, -0.2) is 29.8 Å². The van der Waals surface area contributed by atoms with E-state index in [-0.39, 0.29) is 11.8 Å². The van der Waals surface area contributed by atoms with Crippen molar-refractivity contribution >= 4 is 11.8 Å². The lowest BCUT2D eigenvalue weighted by atomic mass is 9.86. The molecule has 0 aromatic heterocycles. The Hall–Kier alpha value is -1.84. The number of carbonyl (C=O) groups is 2. The van der Waals surface area contributed by atoms with Crippen LogP contribution in [-0.2, 0) is 15.1 Å². The summed E-state index contributed by atoms with van der Waals surface area (Å²) < 4.78 is 0. The third-order valence-electron chi connectivity index (χ3n) is 3.79. The van der Waals surface area contributed by atoms with Gasteiger partial charge in [0.25, 0.3) is 5.91 Å². The van der Waals surface area contributed by atoms with Gasteiger partial charge in [-0.3, -0.25) is 9.59 Å². The molecule has 0 saturated carbocycles. The zero-order chi connectivity index (χ0) is 13.3. The van der Waals surface area contributed by atoms with E-state index in [4.69, 9.17) is 0 Å². The highest BCUT2D eigenvalue weighted by molar-refractivity contribution is 5.99. The van der Waals surface area contributed by atoms with Crippen molar-refractivity contribution < 1.29 is 9.59 Å². The molecule has 1 aromatic rings. The van der Waals surface area contributed by atoms with Crippen molar-refractivity contribution in [2.45, 2.75) is 31.8 Å². The monoisotopic (exact) mass is 246 g/mol. The maximum atomic E-state index is 12.3. The quantitative estimate of drug-likeness (QED) is 0.854. The van der Waals surface area contributed by atoms with Crippen LogP contribution in [0.25, 0.3) is 0 Å². The van der Waals surface area contributed by atoms with Crippen LogP contribution in [0.1, 0.15) is 25.8 Å². The molecule has 4 nitrogen and oxygen atoms in total. The Morgan fingerprint density at radius 3 is 2.44 bits per heavy atom. The number of carbonyl (C=O) groups excluding carboxylic acids is 2. The first kappa shape index (κ1) is 12.6. The van der Waals surface area contributed by atoms with Crippen LogP contribution in [0, 0.1) is 0 Å². The molecule has 1 saturated heterocycles. The van der Waals surface area contributed by atoms with Gasteiger partial charge in [-0.05, 0) is 18.9 Å². The number of hydrogen-bond acceptors (Lipinski definition) is 2. The molecule has 1 aliphatic heterocycles. The SMILES string of the molecule is CCC1NC(=O)C(C)(c2ccccc2)N(C)C1=O. The van der Waals surface area contributed by atoms with Crippen LogP contribution in [0.4, 0.5) is 0 Å². The van der Waals surface area contributed by atoms with Crippen LogP contribution in [0.5, 0.6) is 0 Å². The molecule has 2 atom stereocenters. The van der Waals surface area contributed by atoms with Crippen LogP contribution in [0.3, 0.4) is 0 Å². The van der Waals surface area contributed by atoms with Crippen LogP contribution >= 0.6 is 0 Å². The highest BCUT2D eigenvalue weighted by Gasteiger charge is 2.48. The van der Waals surface area contributed by atoms with Gasteiger partial charge in [0.1, 0.15) is 11.6 Å². The normalized spacial score (nSPS) is 28.2. The van der Waals surface area contributed by atoms with E-state index in [1.165, 1.54) is 0 Å². The predicted molar refractivity (Wildman–Crippen MR) is 68.8 cm³/mol. The van der Waals surface area contributed by atoms with E-state index in [0.29, 0.717) is 6.42 Å². The number of rotatable bonds is 2. The van der Waals surface area contributed by atoms with Crippen molar-refractivity contribution in [3.63, 3.8) is 0 Å². The van der Waals surface area contributed by atoms with Crippen molar-refractivity contribution in [1.29, 1.82) is 0 Å². The minimum absolute atomic E-state index is 0.0385. The van der Waals surface area contributed by atoms with Gasteiger partial charge in [0, 0.05) is 7.05 Å². The molecule has 2 rings (SSSR count). The molecule has 1 fully saturated rings. The molecule has 4 heteroatoms. The second kappa shape index (κ2) is 4.44. The molecule has 2 amide bonds. The highest BCUT2D eigenvalue weighted by atomic mass is 16.2. The van der Waals surface area contributed by atoms with Gasteiger partial charge in [0.2, 0.25) is 5.91 Å². The van der Waals surface area contributed by atoms with E-state index in [0.717, 1.165) is 5.56 Å². The summed E-state index contributed by atoms with van der Waals surface area (Å²) in [5.41, 5.74) is -0.0998. The number of piperazine rings is 1. The Bertz CT molecular complexity index is 472. The fourth-order valence-electron chi connectivity index (χ4n) is 2.33. The second-order valence-corrected chi connectivity index (χ2v) is 4.77. The first-order valence-electron chi connectivity index (χ1n) is 6.16. The van der Waals surface area contributed by atoms with E-state index >= 15 is 0 Å². The molecule has 2 unspecified atom stereocenters. The Morgan fingerprint density at radius 1 is 1.28 bits per heavy atom. The van der Waals surface area contributed by atoms with Gasteiger partial charge >= 0.3 is 0 Å². The smallest absolute Gasteiger partial charge is 0.250 e. The summed E-state index contributed by atoms with van der Waals surface area (Å²) in [4.78, 5) is 26.1. The van der Waals surface area contributed by atoms with Gasteiger partial charge in [0.05, 0.1) is 0 Å². The average Bonchev–Trinajstić information content (AvgIpc) is 2.41. The number of hydrogen-bond donors (Lipinski definition) is 1. The Kier molecular flexibility index (Phi) is 3.11. The molecule has 0 radical (unpaired) electrons. The van der Waals surface area contributed by atoms with Gasteiger partial charge in [-0.2, -0.15) is 0 Å². The van der Waals surface area contributed by atoms with E-state index in [1.807, 2.05) is 37.3 Å². The van der Waals surface area contributed by atoms with Gasteiger partial charge in [-0.15, -0.1) is 0 Å². The molecule has 1 aliphatic rings. The van der Waals surface area contributed by atoms with E-state index in [9.17, 15) is 9.59 Å². The van der Waals surface area contributed by atoms with Crippen molar-refractivity contribution in [3.05, 3.63) is 35.9 Å². The number of nitrogens with zero attached hydrogens (tertiary/aromatic N) is 1. The molecule has 18 heavy (non-hydrogen) atoms. The number of nitrogens with one attached hydrogen (secondary N) is 1. The van der Waals surface area contributed by atoms with Crippen LogP contribution in [0.15, 0.2) is 30.3 Å². The zero-order valence-corrected chi connectivity index (χ0v) is 10.9. The molecule has 1 aromatic carbocycles. The van der Waals surface area contributed by atoms with Gasteiger partial charge in [0.15, 0.2) is 0 Å². The Morgan fingerprint density at radius 2 is 1.89 bits per heavy atom. The van der Waals surface area contributed by atoms with E-state index < -0.39 is 11.6 Å². The summed E-state index contributed by atoms with van der Waals surface area (Å²) >= 11 is 0. The summed E-state index contributed by atoms with van der Waals surface area (Å²) in [6.07, 6.45) is 0.611. The van der Waals surface area contributed by atoms with Crippen LogP contribution in [0.2, 0.25) is 0 Å². The molecular weight excluding hydrogens is 228 g/mol. The number of benzene rings is 1. The standard InChI is InChI=1S/C14H18N2O2/c1-4-11-12(17)16(3)14(2,13(18)15-11)10-8-6-5-7-9-10/h5-9,11H,4H2,1-3H3,(H,15,18). The number of amides is 2. The second-order valence-electron chi connectivity index (χ2n) is 4.77. The zero-order valence-electron chi connectivity index (χ0n) is 10.9. The molecule has 0 spiro atoms. The van der Waals surface area contributed by atoms with E-state index in [2.05, 4.69) is 5.32 Å². The summed E-state index contributed by atoms with van der Waals surface area (Å²) in [5, 5.41) is 2.81. The fraction of sp³-hybridized carbons (Fsp3) is 0.429. The fourth-order valence-corrected chi connectivity index (χ4v) is 2.33. The van der Waals surface area contributed by atoms with Gasteiger partial charge < -0.3 is 10.2 Å². The topological polar surface area (TPSA) is 49.4 Å². The number of likely N-dealkylation sites (N-methyl/N-ethyl adjacent to an activating group) is 1. The molecule has 0 bridgehead atoms. The first-order valence-corrected chi connectivity index (χ1v) is 6.16. The summed E-state index contributed by atoms with van der Waals surface area (Å²) in [6, 6.07) is 8.98. The summed E-state index contributed by atoms with van der Waals surface area (Å²) in [6.45, 7) is 3.67. The molecule has 1 heterocycles. The van der Waals surface area contributed by atoms with Crippen molar-refractivity contribution in [2.75, 3.05) is 7.05 Å². The summed E-state index contributed by atoms with van der Waals surface area (Å²) in [7, 11) is 1.69. The minimum Gasteiger partial charge on any atom is -0.342 e. The summed E-state index contributed by atoms with van der Waals surface area (Å²) in [5.74, 6) is -0.161. The maximum Gasteiger partial charge on any atom is 0.250 e. The lowest BCUT2D eigenvalue weighted by Crippen LogP contribution is -2.66. The first-order chi connectivity index (χ1) is 8.51. The Labute approximate surface area is 107 Å². The highest BCUT2D eigenvalue weighted by Crippen LogP contribution is 2.31. The van der Waals surface area contributed by atoms with Gasteiger partial charge in [-0.25, -0.2) is 0 Å². The molecule has 96 valence electrons. The molecule has 0 aliphatic carbocycles. The molecular formula is C14H18N2O2. The van der Waals surface area contributed by atoms with Crippen molar-refractivity contribution in [3.8, 4) is 0 Å². The lowest BCUT2D eigenvalue weighted by molar-refractivity contribution is -0.155. The predicted octanol–water partition coefficient (Wildman–Crippen LogP) is 1.27. The maximum absolute atomic E-state index is 12.3. The third-order valence-corrected chi connectivity index (χ3v) is 3.79. The largest absolute Gasteiger partial charge is 0.342 e. The lowest BCUT2D eigenvalue weighted by Gasteiger charge is -2.44. The Balaban J connectivity index is 2.44.